The van der Waals surface area contributed by atoms with Gasteiger partial charge in [0.15, 0.2) is 5.69 Å². The van der Waals surface area contributed by atoms with E-state index in [2.05, 4.69) is 25.9 Å². The van der Waals surface area contributed by atoms with Crippen molar-refractivity contribution in [2.24, 2.45) is 0 Å². The molecule has 0 N–H and O–H groups in total. The fourth-order valence-electron chi connectivity index (χ4n) is 0.572. The molecule has 58 valence electrons. The summed E-state index contributed by atoms with van der Waals surface area (Å²) >= 11 is 3.01. The van der Waals surface area contributed by atoms with Crippen molar-refractivity contribution in [3.8, 4) is 0 Å². The number of nitrogens with zero attached hydrogens (tertiary/aromatic N) is 1. The molecule has 1 rings (SSSR count). The Kier molecular flexibility index (Phi) is 2.53. The van der Waals surface area contributed by atoms with Crippen molar-refractivity contribution in [2.45, 2.75) is 0 Å². The third kappa shape index (κ3) is 1.74. The van der Waals surface area contributed by atoms with Gasteiger partial charge in [-0.3, -0.25) is 0 Å². The van der Waals surface area contributed by atoms with Crippen LogP contribution in [0.1, 0.15) is 10.5 Å². The van der Waals surface area contributed by atoms with Crippen LogP contribution in [0, 0.1) is 0 Å². The van der Waals surface area contributed by atoms with Gasteiger partial charge in [-0.2, -0.15) is 0 Å². The second kappa shape index (κ2) is 3.43. The SMILES string of the molecule is O=C(OF)c1ncccc1Br. The van der Waals surface area contributed by atoms with Crippen LogP contribution in [0.3, 0.4) is 0 Å². The quantitative estimate of drug-likeness (QED) is 0.725. The van der Waals surface area contributed by atoms with Crippen molar-refractivity contribution >= 4 is 21.9 Å². The van der Waals surface area contributed by atoms with E-state index < -0.39 is 5.97 Å². The van der Waals surface area contributed by atoms with Gasteiger partial charge < -0.3 is 0 Å². The number of halogens is 2. The largest absolute Gasteiger partial charge is 0.398 e. The standard InChI is InChI=1S/C6H3BrFNO2/c7-4-2-1-3-9-5(4)6(10)11-8/h1-3H. The molecule has 0 aromatic carbocycles. The van der Waals surface area contributed by atoms with Crippen molar-refractivity contribution in [2.75, 3.05) is 0 Å². The average molecular weight is 220 g/mol. The maximum absolute atomic E-state index is 11.3. The topological polar surface area (TPSA) is 39.2 Å². The van der Waals surface area contributed by atoms with E-state index in [0.29, 0.717) is 4.47 Å². The number of rotatable bonds is 1. The molecule has 0 radical (unpaired) electrons. The van der Waals surface area contributed by atoms with Crippen LogP contribution in [0.5, 0.6) is 0 Å². The smallest absolute Gasteiger partial charge is 0.248 e. The highest BCUT2D eigenvalue weighted by Crippen LogP contribution is 2.13. The molecule has 0 aliphatic heterocycles. The summed E-state index contributed by atoms with van der Waals surface area (Å²) in [7, 11) is 0. The van der Waals surface area contributed by atoms with Crippen LogP contribution in [-0.4, -0.2) is 11.0 Å². The molecule has 0 saturated heterocycles. The molecule has 0 bridgehead atoms. The molecule has 0 amide bonds. The lowest BCUT2D eigenvalue weighted by molar-refractivity contribution is -0.0794. The summed E-state index contributed by atoms with van der Waals surface area (Å²) in [5.41, 5.74) is -0.0741. The first-order chi connectivity index (χ1) is 5.25. The number of aromatic nitrogens is 1. The van der Waals surface area contributed by atoms with Crippen LogP contribution in [0.4, 0.5) is 4.53 Å². The number of carbonyl (C=O) groups is 1. The van der Waals surface area contributed by atoms with E-state index in [1.54, 1.807) is 12.1 Å². The Bertz CT molecular complexity index is 279. The number of pyridine rings is 1. The Balaban J connectivity index is 3.03. The molecule has 1 aromatic heterocycles. The molecule has 0 saturated carbocycles. The number of hydrogen-bond donors (Lipinski definition) is 0. The highest BCUT2D eigenvalue weighted by molar-refractivity contribution is 9.10. The third-order valence-electron chi connectivity index (χ3n) is 1.02. The highest BCUT2D eigenvalue weighted by atomic mass is 79.9. The fourth-order valence-corrected chi connectivity index (χ4v) is 0.989. The molecule has 0 aliphatic rings. The van der Waals surface area contributed by atoms with E-state index in [9.17, 15) is 9.32 Å². The summed E-state index contributed by atoms with van der Waals surface area (Å²) in [6, 6.07) is 3.18. The van der Waals surface area contributed by atoms with Crippen molar-refractivity contribution in [3.63, 3.8) is 0 Å². The van der Waals surface area contributed by atoms with Gasteiger partial charge in [-0.15, -0.1) is 0 Å². The van der Waals surface area contributed by atoms with Gasteiger partial charge in [0.1, 0.15) is 0 Å². The molecule has 0 aliphatic carbocycles. The molecular formula is C6H3BrFNO2. The van der Waals surface area contributed by atoms with Crippen molar-refractivity contribution < 1.29 is 14.3 Å². The highest BCUT2D eigenvalue weighted by Gasteiger charge is 2.12. The predicted molar refractivity (Wildman–Crippen MR) is 38.5 cm³/mol. The molecule has 11 heavy (non-hydrogen) atoms. The molecule has 3 nitrogen and oxygen atoms in total. The maximum Gasteiger partial charge on any atom is 0.398 e. The Morgan fingerprint density at radius 2 is 2.45 bits per heavy atom. The van der Waals surface area contributed by atoms with Crippen LogP contribution < -0.4 is 0 Å². The minimum absolute atomic E-state index is 0.0741. The number of carbonyl (C=O) groups excluding carboxylic acids is 1. The first kappa shape index (κ1) is 8.13. The summed E-state index contributed by atoms with van der Waals surface area (Å²) in [5, 5.41) is 0. The van der Waals surface area contributed by atoms with Crippen LogP contribution in [0.25, 0.3) is 0 Å². The van der Waals surface area contributed by atoms with E-state index >= 15 is 0 Å². The molecular weight excluding hydrogens is 217 g/mol. The van der Waals surface area contributed by atoms with E-state index in [4.69, 9.17) is 0 Å². The second-order valence-electron chi connectivity index (χ2n) is 1.70. The normalized spacial score (nSPS) is 9.27. The third-order valence-corrected chi connectivity index (χ3v) is 1.66. The minimum Gasteiger partial charge on any atom is -0.248 e. The van der Waals surface area contributed by atoms with Crippen molar-refractivity contribution in [3.05, 3.63) is 28.5 Å². The van der Waals surface area contributed by atoms with Crippen LogP contribution in [0.15, 0.2) is 22.8 Å². The maximum atomic E-state index is 11.3. The zero-order valence-corrected chi connectivity index (χ0v) is 6.84. The summed E-state index contributed by atoms with van der Waals surface area (Å²) < 4.78 is 11.7. The van der Waals surface area contributed by atoms with Gasteiger partial charge in [0.25, 0.3) is 0 Å². The molecule has 0 atom stereocenters. The molecule has 0 fully saturated rings. The van der Waals surface area contributed by atoms with E-state index in [-0.39, 0.29) is 5.69 Å². The van der Waals surface area contributed by atoms with Gasteiger partial charge >= 0.3 is 5.97 Å². The summed E-state index contributed by atoms with van der Waals surface area (Å²) in [6.07, 6.45) is 1.37. The summed E-state index contributed by atoms with van der Waals surface area (Å²) in [5.74, 6) is -1.10. The Morgan fingerprint density at radius 3 is 3.00 bits per heavy atom. The Labute approximate surface area is 70.2 Å². The van der Waals surface area contributed by atoms with Gasteiger partial charge in [0, 0.05) is 10.7 Å². The van der Waals surface area contributed by atoms with E-state index in [1.165, 1.54) is 6.20 Å². The van der Waals surface area contributed by atoms with Gasteiger partial charge in [-0.1, -0.05) is 0 Å². The molecule has 0 unspecified atom stereocenters. The Hall–Kier alpha value is -0.970. The second-order valence-corrected chi connectivity index (χ2v) is 2.55. The summed E-state index contributed by atoms with van der Waals surface area (Å²) in [4.78, 5) is 17.1. The molecule has 0 spiro atoms. The van der Waals surface area contributed by atoms with Gasteiger partial charge in [-0.25, -0.2) is 14.7 Å². The van der Waals surface area contributed by atoms with Crippen molar-refractivity contribution in [1.29, 1.82) is 0 Å². The zero-order valence-electron chi connectivity index (χ0n) is 5.25. The lowest BCUT2D eigenvalue weighted by atomic mass is 10.4. The Morgan fingerprint density at radius 1 is 1.73 bits per heavy atom. The fraction of sp³-hybridized carbons (Fsp3) is 0. The molecule has 1 aromatic rings. The minimum atomic E-state index is -1.10. The van der Waals surface area contributed by atoms with Gasteiger partial charge in [0.05, 0.1) is 4.47 Å². The van der Waals surface area contributed by atoms with Gasteiger partial charge in [0.2, 0.25) is 0 Å². The number of hydrogen-bond acceptors (Lipinski definition) is 3. The van der Waals surface area contributed by atoms with E-state index in [1.807, 2.05) is 0 Å². The average Bonchev–Trinajstić information content (AvgIpc) is 2.04. The van der Waals surface area contributed by atoms with Crippen LogP contribution in [0.2, 0.25) is 0 Å². The molecule has 5 heteroatoms. The first-order valence-electron chi connectivity index (χ1n) is 2.69. The van der Waals surface area contributed by atoms with E-state index in [0.717, 1.165) is 0 Å². The lowest BCUT2D eigenvalue weighted by Gasteiger charge is -1.95. The zero-order chi connectivity index (χ0) is 8.27. The molecule has 1 heterocycles. The lowest BCUT2D eigenvalue weighted by Crippen LogP contribution is -2.02. The van der Waals surface area contributed by atoms with Crippen molar-refractivity contribution in [1.82, 2.24) is 4.98 Å². The predicted octanol–water partition coefficient (Wildman–Crippen LogP) is 1.89. The van der Waals surface area contributed by atoms with Crippen LogP contribution >= 0.6 is 15.9 Å². The first-order valence-corrected chi connectivity index (χ1v) is 3.48. The monoisotopic (exact) mass is 219 g/mol. The summed E-state index contributed by atoms with van der Waals surface area (Å²) in [6.45, 7) is 0. The van der Waals surface area contributed by atoms with Crippen LogP contribution in [-0.2, 0) is 4.94 Å². The van der Waals surface area contributed by atoms with Gasteiger partial charge in [-0.05, 0) is 28.1 Å².